The van der Waals surface area contributed by atoms with Gasteiger partial charge in [0, 0.05) is 50.2 Å². The number of fused-ring (bicyclic) bond motifs is 7. The lowest BCUT2D eigenvalue weighted by Gasteiger charge is -2.16. The van der Waals surface area contributed by atoms with Gasteiger partial charge in [0.15, 0.2) is 0 Å². The fraction of sp³-hybridized carbons (Fsp3) is 0.0208. The lowest BCUT2D eigenvalue weighted by atomic mass is 9.95. The van der Waals surface area contributed by atoms with Crippen molar-refractivity contribution in [2.75, 3.05) is 5.32 Å². The van der Waals surface area contributed by atoms with Gasteiger partial charge in [0.05, 0.1) is 28.9 Å². The van der Waals surface area contributed by atoms with Crippen molar-refractivity contribution in [3.8, 4) is 16.8 Å². The minimum atomic E-state index is 0.489. The number of para-hydroxylation sites is 2. The first-order valence-corrected chi connectivity index (χ1v) is 17.7. The third-order valence-corrected chi connectivity index (χ3v) is 10.5. The van der Waals surface area contributed by atoms with Gasteiger partial charge in [-0.1, -0.05) is 140 Å². The van der Waals surface area contributed by atoms with E-state index in [2.05, 4.69) is 178 Å². The van der Waals surface area contributed by atoms with Crippen LogP contribution in [0, 0.1) is 5.41 Å². The van der Waals surface area contributed by atoms with E-state index in [4.69, 9.17) is 0 Å². The summed E-state index contributed by atoms with van der Waals surface area (Å²) >= 11 is 0. The fourth-order valence-corrected chi connectivity index (χ4v) is 7.94. The van der Waals surface area contributed by atoms with E-state index >= 15 is 0 Å². The summed E-state index contributed by atoms with van der Waals surface area (Å²) in [7, 11) is 0. The molecule has 0 spiro atoms. The van der Waals surface area contributed by atoms with Crippen LogP contribution in [0.1, 0.15) is 11.1 Å². The molecule has 4 nitrogen and oxygen atoms in total. The molecular formula is C48H34N4. The van der Waals surface area contributed by atoms with Crippen molar-refractivity contribution in [1.29, 1.82) is 5.41 Å². The maximum Gasteiger partial charge on any atom is 0.0926 e. The normalized spacial score (nSPS) is 11.6. The molecule has 52 heavy (non-hydrogen) atoms. The van der Waals surface area contributed by atoms with Crippen LogP contribution in [0.15, 0.2) is 182 Å². The van der Waals surface area contributed by atoms with Crippen LogP contribution in [-0.2, 0) is 6.67 Å². The van der Waals surface area contributed by atoms with Crippen molar-refractivity contribution in [3.63, 3.8) is 0 Å². The number of nitrogens with zero attached hydrogens (tertiary/aromatic N) is 2. The molecule has 0 saturated heterocycles. The minimum Gasteiger partial charge on any atom is -0.367 e. The molecule has 2 N–H and O–H groups in total. The van der Waals surface area contributed by atoms with Crippen molar-refractivity contribution in [1.82, 2.24) is 9.13 Å². The molecule has 0 saturated carbocycles. The average Bonchev–Trinajstić information content (AvgIpc) is 3.77. The molecule has 246 valence electrons. The topological polar surface area (TPSA) is 45.7 Å². The van der Waals surface area contributed by atoms with Crippen molar-refractivity contribution in [3.05, 3.63) is 193 Å². The van der Waals surface area contributed by atoms with Gasteiger partial charge in [0.2, 0.25) is 0 Å². The zero-order valence-corrected chi connectivity index (χ0v) is 28.4. The third-order valence-electron chi connectivity index (χ3n) is 10.5. The van der Waals surface area contributed by atoms with Crippen LogP contribution < -0.4 is 5.32 Å². The standard InChI is InChI=1S/C48H34N4/c49-47(35-23-21-34(22-24-35)39-19-10-13-32-11-4-6-16-38(32)39)42-18-8-9-20-44(42)50-31-52-46-30-45-36(27-28-51(45)37-14-2-1-3-15-37)29-43(46)41-26-25-33-12-5-7-17-40(33)48(41)52/h1-30,49-50H,31H2. The molecule has 0 aliphatic carbocycles. The van der Waals surface area contributed by atoms with E-state index in [0.29, 0.717) is 12.4 Å². The van der Waals surface area contributed by atoms with Crippen LogP contribution >= 0.6 is 0 Å². The lowest BCUT2D eigenvalue weighted by Crippen LogP contribution is -2.12. The molecule has 0 atom stereocenters. The molecule has 0 unspecified atom stereocenters. The average molecular weight is 667 g/mol. The summed E-state index contributed by atoms with van der Waals surface area (Å²) in [6.45, 7) is 0.538. The molecule has 2 heterocycles. The van der Waals surface area contributed by atoms with Crippen LogP contribution in [0.5, 0.6) is 0 Å². The Balaban J connectivity index is 1.04. The van der Waals surface area contributed by atoms with Crippen LogP contribution in [-0.4, -0.2) is 14.8 Å². The number of hydrogen-bond donors (Lipinski definition) is 2. The van der Waals surface area contributed by atoms with Crippen LogP contribution in [0.2, 0.25) is 0 Å². The number of anilines is 1. The Morgan fingerprint density at radius 2 is 1.23 bits per heavy atom. The summed E-state index contributed by atoms with van der Waals surface area (Å²) in [6, 6.07) is 62.1. The minimum absolute atomic E-state index is 0.489. The fourth-order valence-electron chi connectivity index (χ4n) is 7.94. The zero-order valence-electron chi connectivity index (χ0n) is 28.4. The van der Waals surface area contributed by atoms with Crippen molar-refractivity contribution >= 4 is 65.7 Å². The second kappa shape index (κ2) is 12.1. The second-order valence-electron chi connectivity index (χ2n) is 13.4. The number of benzene rings is 8. The zero-order chi connectivity index (χ0) is 34.6. The number of nitrogens with one attached hydrogen (secondary N) is 2. The van der Waals surface area contributed by atoms with Gasteiger partial charge in [0.1, 0.15) is 0 Å². The van der Waals surface area contributed by atoms with Crippen LogP contribution in [0.25, 0.3) is 71.1 Å². The first-order valence-electron chi connectivity index (χ1n) is 17.7. The van der Waals surface area contributed by atoms with E-state index in [-0.39, 0.29) is 0 Å². The van der Waals surface area contributed by atoms with Gasteiger partial charge >= 0.3 is 0 Å². The highest BCUT2D eigenvalue weighted by molar-refractivity contribution is 6.20. The van der Waals surface area contributed by atoms with Gasteiger partial charge in [-0.25, -0.2) is 0 Å². The number of rotatable bonds is 7. The third kappa shape index (κ3) is 4.88. The van der Waals surface area contributed by atoms with Gasteiger partial charge in [0.25, 0.3) is 0 Å². The maximum atomic E-state index is 9.37. The van der Waals surface area contributed by atoms with Gasteiger partial charge in [-0.05, 0) is 63.7 Å². The molecular weight excluding hydrogens is 633 g/mol. The molecule has 0 bridgehead atoms. The smallest absolute Gasteiger partial charge is 0.0926 e. The predicted octanol–water partition coefficient (Wildman–Crippen LogP) is 12.2. The SMILES string of the molecule is N=C(c1ccc(-c2cccc3ccccc23)cc1)c1ccccc1NCn1c2cc3c(ccn3-c3ccccc3)cc2c2ccc3ccccc3c21. The largest absolute Gasteiger partial charge is 0.367 e. The molecule has 0 radical (unpaired) electrons. The van der Waals surface area contributed by atoms with Crippen molar-refractivity contribution in [2.45, 2.75) is 6.67 Å². The van der Waals surface area contributed by atoms with E-state index < -0.39 is 0 Å². The summed E-state index contributed by atoms with van der Waals surface area (Å²) < 4.78 is 4.68. The molecule has 2 aromatic heterocycles. The van der Waals surface area contributed by atoms with Gasteiger partial charge in [-0.2, -0.15) is 0 Å². The van der Waals surface area contributed by atoms with E-state index in [0.717, 1.165) is 28.1 Å². The first-order chi connectivity index (χ1) is 25.7. The monoisotopic (exact) mass is 666 g/mol. The summed E-state index contributed by atoms with van der Waals surface area (Å²) in [5.74, 6) is 0. The maximum absolute atomic E-state index is 9.37. The molecule has 4 heteroatoms. The van der Waals surface area contributed by atoms with E-state index in [9.17, 15) is 5.41 Å². The Morgan fingerprint density at radius 3 is 2.08 bits per heavy atom. The van der Waals surface area contributed by atoms with E-state index in [1.807, 2.05) is 18.2 Å². The first kappa shape index (κ1) is 30.0. The summed E-state index contributed by atoms with van der Waals surface area (Å²) in [6.07, 6.45) is 2.16. The van der Waals surface area contributed by atoms with Gasteiger partial charge in [-0.15, -0.1) is 0 Å². The van der Waals surface area contributed by atoms with Crippen molar-refractivity contribution in [2.24, 2.45) is 0 Å². The number of aromatic nitrogens is 2. The Bertz CT molecular complexity index is 2960. The molecule has 0 aliphatic rings. The van der Waals surface area contributed by atoms with Gasteiger partial charge < -0.3 is 14.5 Å². The quantitative estimate of drug-likeness (QED) is 0.163. The van der Waals surface area contributed by atoms with Gasteiger partial charge in [-0.3, -0.25) is 5.41 Å². The number of hydrogen-bond acceptors (Lipinski definition) is 2. The Kier molecular flexibility index (Phi) is 7.00. The van der Waals surface area contributed by atoms with E-state index in [1.54, 1.807) is 0 Å². The molecule has 10 rings (SSSR count). The highest BCUT2D eigenvalue weighted by Crippen LogP contribution is 2.38. The molecule has 0 amide bonds. The Hall–Kier alpha value is -6.91. The Labute approximate surface area is 301 Å². The molecule has 0 fully saturated rings. The van der Waals surface area contributed by atoms with Crippen LogP contribution in [0.4, 0.5) is 5.69 Å². The van der Waals surface area contributed by atoms with Crippen LogP contribution in [0.3, 0.4) is 0 Å². The summed E-state index contributed by atoms with van der Waals surface area (Å²) in [4.78, 5) is 0. The molecule has 8 aromatic carbocycles. The molecule has 0 aliphatic heterocycles. The lowest BCUT2D eigenvalue weighted by molar-refractivity contribution is 0.843. The molecule has 10 aromatic rings. The second-order valence-corrected chi connectivity index (χ2v) is 13.4. The van der Waals surface area contributed by atoms with Crippen molar-refractivity contribution < 1.29 is 0 Å². The summed E-state index contributed by atoms with van der Waals surface area (Å²) in [5, 5.41) is 21.7. The van der Waals surface area contributed by atoms with E-state index in [1.165, 1.54) is 59.8 Å². The predicted molar refractivity (Wildman–Crippen MR) is 219 cm³/mol. The highest BCUT2D eigenvalue weighted by atomic mass is 15.1. The summed E-state index contributed by atoms with van der Waals surface area (Å²) in [5.41, 5.74) is 10.2. The highest BCUT2D eigenvalue weighted by Gasteiger charge is 2.17. The Morgan fingerprint density at radius 1 is 0.519 bits per heavy atom.